The summed E-state index contributed by atoms with van der Waals surface area (Å²) in [5.41, 5.74) is 0.968. The number of ether oxygens (including phenoxy) is 1. The lowest BCUT2D eigenvalue weighted by Gasteiger charge is -2.38. The minimum Gasteiger partial charge on any atom is -0.484 e. The van der Waals surface area contributed by atoms with E-state index in [0.29, 0.717) is 38.0 Å². The summed E-state index contributed by atoms with van der Waals surface area (Å²) in [6.45, 7) is 2.20. The van der Waals surface area contributed by atoms with Crippen LogP contribution in [-0.2, 0) is 9.59 Å². The van der Waals surface area contributed by atoms with Crippen molar-refractivity contribution in [2.45, 2.75) is 24.9 Å². The number of rotatable bonds is 7. The van der Waals surface area contributed by atoms with Crippen molar-refractivity contribution in [3.8, 4) is 5.75 Å². The standard InChI is InChI=1S/C23H26FN3O3/c24-18-6-10-20(11-7-18)30-16-21(28)26-12-14-27(15-13-26)22(17-4-2-1-3-5-17)23(29)25-19-8-9-19/h1-7,10-11,19,22H,8-9,12-16H2,(H,25,29). The first kappa shape index (κ1) is 20.3. The van der Waals surface area contributed by atoms with E-state index in [0.717, 1.165) is 18.4 Å². The Hall–Kier alpha value is -2.93. The van der Waals surface area contributed by atoms with E-state index in [-0.39, 0.29) is 30.3 Å². The van der Waals surface area contributed by atoms with Gasteiger partial charge in [-0.1, -0.05) is 30.3 Å². The zero-order valence-corrected chi connectivity index (χ0v) is 16.8. The molecule has 1 unspecified atom stereocenters. The summed E-state index contributed by atoms with van der Waals surface area (Å²) in [4.78, 5) is 29.3. The molecule has 2 aromatic rings. The third kappa shape index (κ3) is 5.16. The monoisotopic (exact) mass is 411 g/mol. The Morgan fingerprint density at radius 3 is 2.30 bits per heavy atom. The summed E-state index contributed by atoms with van der Waals surface area (Å²) >= 11 is 0. The van der Waals surface area contributed by atoms with E-state index >= 15 is 0 Å². The number of hydrogen-bond donors (Lipinski definition) is 1. The summed E-state index contributed by atoms with van der Waals surface area (Å²) in [5, 5.41) is 3.12. The van der Waals surface area contributed by atoms with Crippen LogP contribution in [0.4, 0.5) is 4.39 Å². The maximum Gasteiger partial charge on any atom is 0.260 e. The highest BCUT2D eigenvalue weighted by atomic mass is 19.1. The molecule has 0 bridgehead atoms. The van der Waals surface area contributed by atoms with Gasteiger partial charge in [0, 0.05) is 32.2 Å². The Kier molecular flexibility index (Phi) is 6.28. The molecule has 2 fully saturated rings. The molecule has 1 atom stereocenters. The lowest BCUT2D eigenvalue weighted by atomic mass is 10.0. The number of amides is 2. The molecule has 1 heterocycles. The van der Waals surface area contributed by atoms with Gasteiger partial charge in [0.25, 0.3) is 5.91 Å². The number of nitrogens with zero attached hydrogens (tertiary/aromatic N) is 2. The third-order valence-corrected chi connectivity index (χ3v) is 5.50. The summed E-state index contributed by atoms with van der Waals surface area (Å²) < 4.78 is 18.4. The quantitative estimate of drug-likeness (QED) is 0.760. The van der Waals surface area contributed by atoms with Crippen LogP contribution >= 0.6 is 0 Å². The molecule has 0 spiro atoms. The minimum absolute atomic E-state index is 0.0307. The molecule has 4 rings (SSSR count). The van der Waals surface area contributed by atoms with Gasteiger partial charge in [-0.3, -0.25) is 14.5 Å². The molecule has 2 aliphatic rings. The largest absolute Gasteiger partial charge is 0.484 e. The van der Waals surface area contributed by atoms with Crippen LogP contribution in [0.15, 0.2) is 54.6 Å². The van der Waals surface area contributed by atoms with Crippen molar-refractivity contribution in [1.82, 2.24) is 15.1 Å². The van der Waals surface area contributed by atoms with E-state index < -0.39 is 0 Å². The SMILES string of the molecule is O=C(NC1CC1)C(c1ccccc1)N1CCN(C(=O)COc2ccc(F)cc2)CC1. The molecule has 2 amide bonds. The van der Waals surface area contributed by atoms with Crippen LogP contribution in [0.3, 0.4) is 0 Å². The van der Waals surface area contributed by atoms with Gasteiger partial charge in [0.2, 0.25) is 5.91 Å². The van der Waals surface area contributed by atoms with Gasteiger partial charge in [-0.15, -0.1) is 0 Å². The molecule has 1 aliphatic heterocycles. The molecule has 6 nitrogen and oxygen atoms in total. The maximum atomic E-state index is 13.0. The number of nitrogens with one attached hydrogen (secondary N) is 1. The van der Waals surface area contributed by atoms with Crippen LogP contribution in [0.2, 0.25) is 0 Å². The number of carbonyl (C=O) groups excluding carboxylic acids is 2. The molecule has 158 valence electrons. The highest BCUT2D eigenvalue weighted by Crippen LogP contribution is 2.26. The first-order valence-corrected chi connectivity index (χ1v) is 10.4. The van der Waals surface area contributed by atoms with Crippen LogP contribution in [0, 0.1) is 5.82 Å². The molecule has 1 saturated carbocycles. The number of carbonyl (C=O) groups is 2. The second-order valence-corrected chi connectivity index (χ2v) is 7.76. The van der Waals surface area contributed by atoms with Gasteiger partial charge in [0.15, 0.2) is 6.61 Å². The first-order chi connectivity index (χ1) is 14.6. The van der Waals surface area contributed by atoms with Gasteiger partial charge >= 0.3 is 0 Å². The fourth-order valence-corrected chi connectivity index (χ4v) is 3.67. The van der Waals surface area contributed by atoms with Crippen molar-refractivity contribution >= 4 is 11.8 Å². The molecule has 1 aliphatic carbocycles. The normalized spacial score (nSPS) is 18.0. The van der Waals surface area contributed by atoms with Crippen LogP contribution < -0.4 is 10.1 Å². The molecule has 1 N–H and O–H groups in total. The first-order valence-electron chi connectivity index (χ1n) is 10.4. The molecule has 0 radical (unpaired) electrons. The van der Waals surface area contributed by atoms with E-state index in [4.69, 9.17) is 4.74 Å². The summed E-state index contributed by atoms with van der Waals surface area (Å²) in [6.07, 6.45) is 2.09. The van der Waals surface area contributed by atoms with Crippen molar-refractivity contribution in [2.24, 2.45) is 0 Å². The third-order valence-electron chi connectivity index (χ3n) is 5.50. The smallest absolute Gasteiger partial charge is 0.260 e. The zero-order chi connectivity index (χ0) is 20.9. The highest BCUT2D eigenvalue weighted by molar-refractivity contribution is 5.84. The lowest BCUT2D eigenvalue weighted by Crippen LogP contribution is -2.53. The summed E-state index contributed by atoms with van der Waals surface area (Å²) in [7, 11) is 0. The van der Waals surface area contributed by atoms with Crippen molar-refractivity contribution in [2.75, 3.05) is 32.8 Å². The van der Waals surface area contributed by atoms with E-state index in [1.54, 1.807) is 4.90 Å². The van der Waals surface area contributed by atoms with Gasteiger partial charge in [0.05, 0.1) is 0 Å². The Bertz CT molecular complexity index is 863. The van der Waals surface area contributed by atoms with Gasteiger partial charge in [-0.25, -0.2) is 4.39 Å². The Labute approximate surface area is 175 Å². The van der Waals surface area contributed by atoms with Gasteiger partial charge < -0.3 is 15.0 Å². The van der Waals surface area contributed by atoms with E-state index in [9.17, 15) is 14.0 Å². The van der Waals surface area contributed by atoms with Crippen LogP contribution in [0.1, 0.15) is 24.4 Å². The number of benzene rings is 2. The van der Waals surface area contributed by atoms with Crippen LogP contribution in [0.25, 0.3) is 0 Å². The molecule has 2 aromatic carbocycles. The minimum atomic E-state index is -0.348. The Morgan fingerprint density at radius 2 is 1.67 bits per heavy atom. The molecular weight excluding hydrogens is 385 g/mol. The van der Waals surface area contributed by atoms with Gasteiger partial charge in [-0.05, 0) is 42.7 Å². The summed E-state index contributed by atoms with van der Waals surface area (Å²) in [5.74, 6) is 0.0357. The second-order valence-electron chi connectivity index (χ2n) is 7.76. The van der Waals surface area contributed by atoms with Crippen molar-refractivity contribution in [3.05, 3.63) is 66.0 Å². The van der Waals surface area contributed by atoms with Crippen molar-refractivity contribution < 1.29 is 18.7 Å². The second kappa shape index (κ2) is 9.26. The molecule has 1 saturated heterocycles. The van der Waals surface area contributed by atoms with Crippen LogP contribution in [-0.4, -0.2) is 60.4 Å². The predicted molar refractivity (Wildman–Crippen MR) is 110 cm³/mol. The van der Waals surface area contributed by atoms with E-state index in [1.165, 1.54) is 24.3 Å². The fourth-order valence-electron chi connectivity index (χ4n) is 3.67. The van der Waals surface area contributed by atoms with Gasteiger partial charge in [-0.2, -0.15) is 0 Å². The van der Waals surface area contributed by atoms with Crippen LogP contribution in [0.5, 0.6) is 5.75 Å². The van der Waals surface area contributed by atoms with Crippen molar-refractivity contribution in [3.63, 3.8) is 0 Å². The topological polar surface area (TPSA) is 61.9 Å². The zero-order valence-electron chi connectivity index (χ0n) is 16.8. The van der Waals surface area contributed by atoms with Gasteiger partial charge in [0.1, 0.15) is 17.6 Å². The lowest BCUT2D eigenvalue weighted by molar-refractivity contribution is -0.136. The highest BCUT2D eigenvalue weighted by Gasteiger charge is 2.34. The fraction of sp³-hybridized carbons (Fsp3) is 0.391. The maximum absolute atomic E-state index is 13.0. The molecular formula is C23H26FN3O3. The number of piperazine rings is 1. The number of hydrogen-bond acceptors (Lipinski definition) is 4. The average molecular weight is 411 g/mol. The molecule has 30 heavy (non-hydrogen) atoms. The molecule has 0 aromatic heterocycles. The van der Waals surface area contributed by atoms with E-state index in [1.807, 2.05) is 30.3 Å². The predicted octanol–water partition coefficient (Wildman–Crippen LogP) is 2.37. The Balaban J connectivity index is 1.33. The van der Waals surface area contributed by atoms with E-state index in [2.05, 4.69) is 10.2 Å². The Morgan fingerprint density at radius 1 is 1.00 bits per heavy atom. The number of halogens is 1. The molecule has 7 heteroatoms. The summed E-state index contributed by atoms with van der Waals surface area (Å²) in [6, 6.07) is 15.3. The van der Waals surface area contributed by atoms with Crippen molar-refractivity contribution in [1.29, 1.82) is 0 Å². The average Bonchev–Trinajstić information content (AvgIpc) is 3.58.